The highest BCUT2D eigenvalue weighted by molar-refractivity contribution is 7.92. The van der Waals surface area contributed by atoms with Gasteiger partial charge in [0.05, 0.1) is 6.20 Å². The zero-order valence-electron chi connectivity index (χ0n) is 12.7. The van der Waals surface area contributed by atoms with E-state index in [0.717, 1.165) is 42.6 Å². The highest BCUT2D eigenvalue weighted by Crippen LogP contribution is 2.23. The minimum Gasteiger partial charge on any atom is -0.272 e. The molecule has 1 N–H and O–H groups in total. The fourth-order valence-corrected chi connectivity index (χ4v) is 3.56. The van der Waals surface area contributed by atoms with E-state index in [4.69, 9.17) is 0 Å². The molecule has 8 heteroatoms. The Hall–Kier alpha value is -1.96. The van der Waals surface area contributed by atoms with Crippen molar-refractivity contribution in [2.75, 3.05) is 4.72 Å². The Bertz CT molecular complexity index is 798. The zero-order valence-corrected chi connectivity index (χ0v) is 13.5. The molecule has 1 aliphatic rings. The second-order valence-electron chi connectivity index (χ2n) is 5.40. The molecule has 0 saturated heterocycles. The van der Waals surface area contributed by atoms with Crippen LogP contribution in [0.4, 0.5) is 5.95 Å². The second kappa shape index (κ2) is 5.68. The van der Waals surface area contributed by atoms with E-state index in [0.29, 0.717) is 6.54 Å². The van der Waals surface area contributed by atoms with Crippen LogP contribution >= 0.6 is 0 Å². The van der Waals surface area contributed by atoms with Gasteiger partial charge in [-0.1, -0.05) is 0 Å². The molecule has 2 heterocycles. The van der Waals surface area contributed by atoms with Gasteiger partial charge >= 0.3 is 0 Å². The molecule has 0 unspecified atom stereocenters. The first kappa shape index (κ1) is 15.0. The summed E-state index contributed by atoms with van der Waals surface area (Å²) < 4.78 is 28.8. The molecular weight excluding hydrogens is 302 g/mol. The molecule has 1 aliphatic carbocycles. The molecule has 2 aromatic heterocycles. The molecule has 0 bridgehead atoms. The number of aromatic nitrogens is 4. The van der Waals surface area contributed by atoms with Gasteiger partial charge in [0.25, 0.3) is 10.0 Å². The van der Waals surface area contributed by atoms with Crippen LogP contribution in [0.2, 0.25) is 0 Å². The Morgan fingerprint density at radius 1 is 1.27 bits per heavy atom. The van der Waals surface area contributed by atoms with Crippen LogP contribution in [-0.2, 0) is 29.4 Å². The van der Waals surface area contributed by atoms with Crippen LogP contribution in [0.15, 0.2) is 17.3 Å². The van der Waals surface area contributed by atoms with Crippen LogP contribution in [0, 0.1) is 6.92 Å². The Morgan fingerprint density at radius 3 is 2.77 bits per heavy atom. The number of sulfonamides is 1. The number of nitrogens with zero attached hydrogens (tertiary/aromatic N) is 4. The highest BCUT2D eigenvalue weighted by Gasteiger charge is 2.21. The average molecular weight is 321 g/mol. The van der Waals surface area contributed by atoms with Crippen molar-refractivity contribution < 1.29 is 8.42 Å². The summed E-state index contributed by atoms with van der Waals surface area (Å²) in [6.07, 6.45) is 6.89. The monoisotopic (exact) mass is 321 g/mol. The second-order valence-corrected chi connectivity index (χ2v) is 7.08. The molecule has 0 spiro atoms. The molecule has 118 valence electrons. The highest BCUT2D eigenvalue weighted by atomic mass is 32.2. The third kappa shape index (κ3) is 2.83. The van der Waals surface area contributed by atoms with Crippen molar-refractivity contribution in [2.45, 2.75) is 51.0 Å². The first-order chi connectivity index (χ1) is 10.5. The predicted octanol–water partition coefficient (Wildman–Crippen LogP) is 1.68. The van der Waals surface area contributed by atoms with E-state index in [1.165, 1.54) is 12.4 Å². The number of anilines is 1. The van der Waals surface area contributed by atoms with E-state index in [9.17, 15) is 8.42 Å². The molecule has 7 nitrogen and oxygen atoms in total. The molecule has 0 fully saturated rings. The van der Waals surface area contributed by atoms with Crippen LogP contribution in [0.3, 0.4) is 0 Å². The van der Waals surface area contributed by atoms with Crippen molar-refractivity contribution in [3.8, 4) is 0 Å². The third-order valence-electron chi connectivity index (χ3n) is 3.86. The summed E-state index contributed by atoms with van der Waals surface area (Å²) in [5, 5.41) is 3.99. The first-order valence-electron chi connectivity index (χ1n) is 7.41. The van der Waals surface area contributed by atoms with E-state index in [1.807, 2.05) is 13.8 Å². The molecule has 0 atom stereocenters. The lowest BCUT2D eigenvalue weighted by Crippen LogP contribution is -2.18. The summed E-state index contributed by atoms with van der Waals surface area (Å²) >= 11 is 0. The summed E-state index contributed by atoms with van der Waals surface area (Å²) in [7, 11) is -3.70. The normalized spacial score (nSPS) is 14.6. The molecule has 0 aromatic carbocycles. The molecule has 0 amide bonds. The fourth-order valence-electron chi connectivity index (χ4n) is 2.66. The fraction of sp³-hybridized carbons (Fsp3) is 0.500. The van der Waals surface area contributed by atoms with E-state index < -0.39 is 10.0 Å². The standard InChI is InChI=1S/C14H19N5O2S/c1-3-19-9-11(8-15-19)22(20,21)18-14-16-10(2)12-6-4-5-7-13(12)17-14/h8-9H,3-7H2,1-2H3,(H,16,17,18). The van der Waals surface area contributed by atoms with Crippen molar-refractivity contribution in [1.82, 2.24) is 19.7 Å². The molecule has 0 aliphatic heterocycles. The largest absolute Gasteiger partial charge is 0.272 e. The molecule has 22 heavy (non-hydrogen) atoms. The van der Waals surface area contributed by atoms with Gasteiger partial charge in [-0.25, -0.2) is 23.1 Å². The summed E-state index contributed by atoms with van der Waals surface area (Å²) in [6.45, 7) is 4.41. The summed E-state index contributed by atoms with van der Waals surface area (Å²) in [5.41, 5.74) is 2.97. The van der Waals surface area contributed by atoms with E-state index in [1.54, 1.807) is 4.68 Å². The Kier molecular flexibility index (Phi) is 3.86. The van der Waals surface area contributed by atoms with Crippen LogP contribution in [-0.4, -0.2) is 28.2 Å². The Labute approximate surface area is 129 Å². The molecule has 2 aromatic rings. The smallest absolute Gasteiger partial charge is 0.267 e. The third-order valence-corrected chi connectivity index (χ3v) is 5.14. The summed E-state index contributed by atoms with van der Waals surface area (Å²) in [5.74, 6) is 0.141. The number of hydrogen-bond acceptors (Lipinski definition) is 5. The van der Waals surface area contributed by atoms with Crippen molar-refractivity contribution >= 4 is 16.0 Å². The quantitative estimate of drug-likeness (QED) is 0.925. The lowest BCUT2D eigenvalue weighted by Gasteiger charge is -2.17. The van der Waals surface area contributed by atoms with Gasteiger partial charge in [0.1, 0.15) is 4.90 Å². The van der Waals surface area contributed by atoms with Crippen molar-refractivity contribution in [3.05, 3.63) is 29.3 Å². The van der Waals surface area contributed by atoms with Crippen LogP contribution < -0.4 is 4.72 Å². The maximum Gasteiger partial charge on any atom is 0.267 e. The lowest BCUT2D eigenvalue weighted by molar-refractivity contribution is 0.599. The zero-order chi connectivity index (χ0) is 15.7. The van der Waals surface area contributed by atoms with Crippen molar-refractivity contribution in [1.29, 1.82) is 0 Å². The van der Waals surface area contributed by atoms with Gasteiger partial charge in [-0.3, -0.25) is 4.68 Å². The Balaban J connectivity index is 1.90. The van der Waals surface area contributed by atoms with Gasteiger partial charge in [0.15, 0.2) is 0 Å². The van der Waals surface area contributed by atoms with Crippen molar-refractivity contribution in [2.24, 2.45) is 0 Å². The number of rotatable bonds is 4. The minimum absolute atomic E-state index is 0.119. The lowest BCUT2D eigenvalue weighted by atomic mass is 9.95. The van der Waals surface area contributed by atoms with E-state index in [2.05, 4.69) is 19.8 Å². The summed E-state index contributed by atoms with van der Waals surface area (Å²) in [6, 6.07) is 0. The van der Waals surface area contributed by atoms with Gasteiger partial charge in [-0.15, -0.1) is 0 Å². The number of aryl methyl sites for hydroxylation is 3. The SMILES string of the molecule is CCn1cc(S(=O)(=O)Nc2nc(C)c3c(n2)CCCC3)cn1. The van der Waals surface area contributed by atoms with E-state index in [-0.39, 0.29) is 10.8 Å². The van der Waals surface area contributed by atoms with Crippen molar-refractivity contribution in [3.63, 3.8) is 0 Å². The van der Waals surface area contributed by atoms with Crippen LogP contribution in [0.1, 0.15) is 36.7 Å². The van der Waals surface area contributed by atoms with Crippen LogP contribution in [0.25, 0.3) is 0 Å². The van der Waals surface area contributed by atoms with Gasteiger partial charge in [0.2, 0.25) is 5.95 Å². The minimum atomic E-state index is -3.70. The van der Waals surface area contributed by atoms with Gasteiger partial charge in [-0.05, 0) is 45.1 Å². The van der Waals surface area contributed by atoms with E-state index >= 15 is 0 Å². The number of fused-ring (bicyclic) bond motifs is 1. The molecule has 3 rings (SSSR count). The predicted molar refractivity (Wildman–Crippen MR) is 82.1 cm³/mol. The van der Waals surface area contributed by atoms with Gasteiger partial charge in [-0.2, -0.15) is 5.10 Å². The summed E-state index contributed by atoms with van der Waals surface area (Å²) in [4.78, 5) is 8.80. The first-order valence-corrected chi connectivity index (χ1v) is 8.89. The molecular formula is C14H19N5O2S. The average Bonchev–Trinajstić information content (AvgIpc) is 2.97. The topological polar surface area (TPSA) is 89.8 Å². The molecule has 0 saturated carbocycles. The molecule has 0 radical (unpaired) electrons. The Morgan fingerprint density at radius 2 is 2.05 bits per heavy atom. The van der Waals surface area contributed by atoms with Gasteiger partial charge in [0, 0.05) is 24.1 Å². The maximum atomic E-state index is 12.4. The number of nitrogens with one attached hydrogen (secondary N) is 1. The van der Waals surface area contributed by atoms with Gasteiger partial charge < -0.3 is 0 Å². The number of hydrogen-bond donors (Lipinski definition) is 1. The van der Waals surface area contributed by atoms with Crippen LogP contribution in [0.5, 0.6) is 0 Å². The maximum absolute atomic E-state index is 12.4.